The standard InChI is InChI=1S/C16H26N4O2/c1-12-9-14(17)20(18-12)10-15(21)19-8-4-7-16(11-19)6-3-5-13(16)22-2/h9,13H,3-8,10-11,17H2,1-2H3/t13-,16-/m1/s1. The molecule has 0 unspecified atom stereocenters. The largest absolute Gasteiger partial charge is 0.384 e. The van der Waals surface area contributed by atoms with Gasteiger partial charge in [0, 0.05) is 31.7 Å². The molecule has 1 aromatic rings. The van der Waals surface area contributed by atoms with E-state index in [1.54, 1.807) is 17.9 Å². The van der Waals surface area contributed by atoms with Crippen LogP contribution in [-0.4, -0.2) is 46.9 Å². The molecule has 0 bridgehead atoms. The van der Waals surface area contributed by atoms with Crippen LogP contribution in [0.25, 0.3) is 0 Å². The Morgan fingerprint density at radius 2 is 2.27 bits per heavy atom. The highest BCUT2D eigenvalue weighted by Gasteiger charge is 2.46. The summed E-state index contributed by atoms with van der Waals surface area (Å²) in [7, 11) is 1.80. The molecular formula is C16H26N4O2. The van der Waals surface area contributed by atoms with Crippen molar-refractivity contribution in [2.45, 2.75) is 51.7 Å². The molecule has 0 radical (unpaired) electrons. The SMILES string of the molecule is CO[C@@H]1CCC[C@]12CCCN(C(=O)Cn1nc(C)cc1N)C2. The average molecular weight is 306 g/mol. The van der Waals surface area contributed by atoms with E-state index < -0.39 is 0 Å². The summed E-state index contributed by atoms with van der Waals surface area (Å²) >= 11 is 0. The lowest BCUT2D eigenvalue weighted by molar-refractivity contribution is -0.138. The number of methoxy groups -OCH3 is 1. The maximum absolute atomic E-state index is 12.6. The number of nitrogens with two attached hydrogens (primary N) is 1. The highest BCUT2D eigenvalue weighted by molar-refractivity contribution is 5.76. The van der Waals surface area contributed by atoms with E-state index in [2.05, 4.69) is 5.10 Å². The summed E-state index contributed by atoms with van der Waals surface area (Å²) in [6, 6.07) is 1.79. The predicted molar refractivity (Wildman–Crippen MR) is 84.3 cm³/mol. The van der Waals surface area contributed by atoms with Gasteiger partial charge in [0.25, 0.3) is 0 Å². The maximum Gasteiger partial charge on any atom is 0.244 e. The lowest BCUT2D eigenvalue weighted by Crippen LogP contribution is -2.50. The molecule has 2 N–H and O–H groups in total. The van der Waals surface area contributed by atoms with Crippen molar-refractivity contribution < 1.29 is 9.53 Å². The van der Waals surface area contributed by atoms with Crippen LogP contribution >= 0.6 is 0 Å². The van der Waals surface area contributed by atoms with Crippen LogP contribution in [0.5, 0.6) is 0 Å². The zero-order chi connectivity index (χ0) is 15.7. The number of carbonyl (C=O) groups is 1. The van der Waals surface area contributed by atoms with E-state index in [9.17, 15) is 4.79 Å². The van der Waals surface area contributed by atoms with Gasteiger partial charge in [0.05, 0.1) is 11.8 Å². The summed E-state index contributed by atoms with van der Waals surface area (Å²) in [6.07, 6.45) is 5.99. The summed E-state index contributed by atoms with van der Waals surface area (Å²) in [5, 5.41) is 4.28. The van der Waals surface area contributed by atoms with E-state index in [0.717, 1.165) is 44.5 Å². The molecule has 1 aliphatic carbocycles. The fourth-order valence-electron chi connectivity index (χ4n) is 4.23. The highest BCUT2D eigenvalue weighted by atomic mass is 16.5. The molecular weight excluding hydrogens is 280 g/mol. The molecule has 1 saturated carbocycles. The molecule has 3 rings (SSSR count). The van der Waals surface area contributed by atoms with Crippen molar-refractivity contribution in [3.8, 4) is 0 Å². The number of hydrogen-bond donors (Lipinski definition) is 1. The van der Waals surface area contributed by atoms with Gasteiger partial charge >= 0.3 is 0 Å². The Morgan fingerprint density at radius 3 is 2.95 bits per heavy atom. The van der Waals surface area contributed by atoms with Crippen LogP contribution in [0.3, 0.4) is 0 Å². The van der Waals surface area contributed by atoms with Gasteiger partial charge in [-0.15, -0.1) is 0 Å². The van der Waals surface area contributed by atoms with E-state index >= 15 is 0 Å². The molecule has 1 aromatic heterocycles. The topological polar surface area (TPSA) is 73.4 Å². The van der Waals surface area contributed by atoms with Crippen molar-refractivity contribution in [2.24, 2.45) is 5.41 Å². The number of carbonyl (C=O) groups excluding carboxylic acids is 1. The van der Waals surface area contributed by atoms with E-state index in [1.807, 2.05) is 11.8 Å². The van der Waals surface area contributed by atoms with Crippen LogP contribution in [0, 0.1) is 12.3 Å². The number of hydrogen-bond acceptors (Lipinski definition) is 4. The van der Waals surface area contributed by atoms with Gasteiger partial charge in [-0.3, -0.25) is 4.79 Å². The van der Waals surface area contributed by atoms with Crippen molar-refractivity contribution in [3.05, 3.63) is 11.8 Å². The predicted octanol–water partition coefficient (Wildman–Crippen LogP) is 1.58. The third kappa shape index (κ3) is 2.72. The van der Waals surface area contributed by atoms with E-state index in [0.29, 0.717) is 11.9 Å². The number of anilines is 1. The molecule has 1 aliphatic heterocycles. The lowest BCUT2D eigenvalue weighted by Gasteiger charge is -2.43. The molecule has 122 valence electrons. The molecule has 2 heterocycles. The van der Waals surface area contributed by atoms with Crippen molar-refractivity contribution in [1.82, 2.24) is 14.7 Å². The molecule has 1 spiro atoms. The molecule has 6 heteroatoms. The molecule has 6 nitrogen and oxygen atoms in total. The Balaban J connectivity index is 1.69. The fraction of sp³-hybridized carbons (Fsp3) is 0.750. The smallest absolute Gasteiger partial charge is 0.244 e. The minimum Gasteiger partial charge on any atom is -0.384 e. The monoisotopic (exact) mass is 306 g/mol. The van der Waals surface area contributed by atoms with Crippen molar-refractivity contribution in [3.63, 3.8) is 0 Å². The van der Waals surface area contributed by atoms with Gasteiger partial charge in [0.2, 0.25) is 5.91 Å². The molecule has 2 aliphatic rings. The van der Waals surface area contributed by atoms with Gasteiger partial charge in [0.15, 0.2) is 0 Å². The molecule has 22 heavy (non-hydrogen) atoms. The molecule has 0 aromatic carbocycles. The Labute approximate surface area is 131 Å². The van der Waals surface area contributed by atoms with Gasteiger partial charge in [-0.05, 0) is 32.6 Å². The lowest BCUT2D eigenvalue weighted by atomic mass is 9.76. The van der Waals surface area contributed by atoms with Crippen molar-refractivity contribution >= 4 is 11.7 Å². The third-order valence-corrected chi connectivity index (χ3v) is 5.29. The van der Waals surface area contributed by atoms with E-state index in [4.69, 9.17) is 10.5 Å². The van der Waals surface area contributed by atoms with Crippen LogP contribution in [0.1, 0.15) is 37.8 Å². The number of aromatic nitrogens is 2. The average Bonchev–Trinajstić information content (AvgIpc) is 3.02. The second-order valence-electron chi connectivity index (χ2n) is 6.77. The number of likely N-dealkylation sites (tertiary alicyclic amines) is 1. The van der Waals surface area contributed by atoms with Crippen LogP contribution in [0.15, 0.2) is 6.07 Å². The van der Waals surface area contributed by atoms with Crippen LogP contribution in [-0.2, 0) is 16.1 Å². The van der Waals surface area contributed by atoms with Gasteiger partial charge in [-0.2, -0.15) is 5.10 Å². The number of ether oxygens (including phenoxy) is 1. The second kappa shape index (κ2) is 5.91. The minimum atomic E-state index is 0.107. The van der Waals surface area contributed by atoms with Crippen LogP contribution in [0.2, 0.25) is 0 Å². The summed E-state index contributed by atoms with van der Waals surface area (Å²) < 4.78 is 7.30. The minimum absolute atomic E-state index is 0.107. The number of piperidine rings is 1. The summed E-state index contributed by atoms with van der Waals surface area (Å²) in [5.74, 6) is 0.656. The summed E-state index contributed by atoms with van der Waals surface area (Å²) in [5.41, 5.74) is 6.89. The first kappa shape index (κ1) is 15.3. The second-order valence-corrected chi connectivity index (χ2v) is 6.77. The number of nitrogens with zero attached hydrogens (tertiary/aromatic N) is 3. The first-order valence-corrected chi connectivity index (χ1v) is 8.14. The fourth-order valence-corrected chi connectivity index (χ4v) is 4.23. The van der Waals surface area contributed by atoms with Crippen LogP contribution in [0.4, 0.5) is 5.82 Å². The number of rotatable bonds is 3. The third-order valence-electron chi connectivity index (χ3n) is 5.29. The number of nitrogen functional groups attached to an aromatic ring is 1. The Hall–Kier alpha value is -1.56. The van der Waals surface area contributed by atoms with E-state index in [-0.39, 0.29) is 17.9 Å². The molecule has 2 atom stereocenters. The Kier molecular flexibility index (Phi) is 4.12. The first-order chi connectivity index (χ1) is 10.5. The van der Waals surface area contributed by atoms with Gasteiger partial charge < -0.3 is 15.4 Å². The zero-order valence-corrected chi connectivity index (χ0v) is 13.5. The zero-order valence-electron chi connectivity index (χ0n) is 13.5. The van der Waals surface area contributed by atoms with Crippen LogP contribution < -0.4 is 5.73 Å². The number of amides is 1. The first-order valence-electron chi connectivity index (χ1n) is 8.14. The maximum atomic E-state index is 12.6. The van der Waals surface area contributed by atoms with Crippen molar-refractivity contribution in [2.75, 3.05) is 25.9 Å². The summed E-state index contributed by atoms with van der Waals surface area (Å²) in [6.45, 7) is 3.75. The molecule has 2 fully saturated rings. The van der Waals surface area contributed by atoms with Gasteiger partial charge in [0.1, 0.15) is 12.4 Å². The van der Waals surface area contributed by atoms with Gasteiger partial charge in [-0.1, -0.05) is 6.42 Å². The van der Waals surface area contributed by atoms with Crippen molar-refractivity contribution in [1.29, 1.82) is 0 Å². The quantitative estimate of drug-likeness (QED) is 0.920. The Morgan fingerprint density at radius 1 is 1.50 bits per heavy atom. The normalized spacial score (nSPS) is 28.5. The Bertz CT molecular complexity index is 556. The summed E-state index contributed by atoms with van der Waals surface area (Å²) in [4.78, 5) is 14.6. The number of aryl methyl sites for hydroxylation is 1. The molecule has 1 amide bonds. The molecule has 1 saturated heterocycles. The van der Waals surface area contributed by atoms with E-state index in [1.165, 1.54) is 6.42 Å². The highest BCUT2D eigenvalue weighted by Crippen LogP contribution is 2.46. The van der Waals surface area contributed by atoms with Gasteiger partial charge in [-0.25, -0.2) is 4.68 Å².